The average Bonchev–Trinajstić information content (AvgIpc) is 2.60. The van der Waals surface area contributed by atoms with Gasteiger partial charge in [0.25, 0.3) is 0 Å². The third-order valence-electron chi connectivity index (χ3n) is 4.35. The molecular weight excluding hydrogens is 429 g/mol. The number of hydrogen-bond acceptors (Lipinski definition) is 3. The lowest BCUT2D eigenvalue weighted by molar-refractivity contribution is -0.287. The van der Waals surface area contributed by atoms with Gasteiger partial charge in [0.2, 0.25) is 5.72 Å². The van der Waals surface area contributed by atoms with Gasteiger partial charge >= 0.3 is 12.2 Å². The zero-order valence-electron chi connectivity index (χ0n) is 13.6. The fourth-order valence-electron chi connectivity index (χ4n) is 3.10. The van der Waals surface area contributed by atoms with Crippen LogP contribution in [0.5, 0.6) is 0 Å². The summed E-state index contributed by atoms with van der Waals surface area (Å²) in [6, 6.07) is 10.9. The van der Waals surface area contributed by atoms with Crippen LogP contribution in [0.2, 0.25) is 0 Å². The normalized spacial score (nSPS) is 25.4. The molecule has 5 nitrogen and oxygen atoms in total. The smallest absolute Gasteiger partial charge is 0.363 e. The van der Waals surface area contributed by atoms with E-state index < -0.39 is 35.7 Å². The van der Waals surface area contributed by atoms with Gasteiger partial charge in [0, 0.05) is 10.0 Å². The third-order valence-corrected chi connectivity index (χ3v) is 4.85. The van der Waals surface area contributed by atoms with E-state index in [1.165, 1.54) is 41.7 Å². The van der Waals surface area contributed by atoms with E-state index in [-0.39, 0.29) is 11.1 Å². The summed E-state index contributed by atoms with van der Waals surface area (Å²) in [6.45, 7) is 0. The molecular formula is C18H14BrF3N2O3. The molecule has 1 aliphatic rings. The van der Waals surface area contributed by atoms with Crippen LogP contribution in [0.1, 0.15) is 22.0 Å². The summed E-state index contributed by atoms with van der Waals surface area (Å²) in [4.78, 5) is 24.9. The van der Waals surface area contributed by atoms with Crippen LogP contribution in [0.25, 0.3) is 0 Å². The highest BCUT2D eigenvalue weighted by Crippen LogP contribution is 2.44. The van der Waals surface area contributed by atoms with Crippen LogP contribution in [-0.4, -0.2) is 28.8 Å². The summed E-state index contributed by atoms with van der Waals surface area (Å²) in [5, 5.41) is 14.3. The van der Waals surface area contributed by atoms with Gasteiger partial charge in [-0.2, -0.15) is 13.2 Å². The number of rotatable bonds is 3. The molecule has 0 aliphatic carbocycles. The number of halogens is 4. The van der Waals surface area contributed by atoms with E-state index in [2.05, 4.69) is 21.2 Å². The first-order valence-corrected chi connectivity index (χ1v) is 8.65. The van der Waals surface area contributed by atoms with Crippen molar-refractivity contribution in [1.29, 1.82) is 0 Å². The number of urea groups is 1. The van der Waals surface area contributed by atoms with Crippen LogP contribution < -0.4 is 10.6 Å². The summed E-state index contributed by atoms with van der Waals surface area (Å²) in [6.07, 6.45) is -5.27. The Labute approximate surface area is 160 Å². The molecule has 3 N–H and O–H groups in total. The molecule has 27 heavy (non-hydrogen) atoms. The molecule has 142 valence electrons. The van der Waals surface area contributed by atoms with Crippen molar-refractivity contribution in [3.05, 3.63) is 70.2 Å². The molecule has 0 spiro atoms. The number of aliphatic hydroxyl groups is 1. The molecule has 2 aromatic carbocycles. The summed E-state index contributed by atoms with van der Waals surface area (Å²) >= 11 is 3.22. The molecule has 9 heteroatoms. The molecule has 1 heterocycles. The van der Waals surface area contributed by atoms with Gasteiger partial charge in [-0.05, 0) is 17.7 Å². The topological polar surface area (TPSA) is 78.4 Å². The largest absolute Gasteiger partial charge is 0.437 e. The Morgan fingerprint density at radius 1 is 1.11 bits per heavy atom. The predicted molar refractivity (Wildman–Crippen MR) is 93.8 cm³/mol. The lowest BCUT2D eigenvalue weighted by Gasteiger charge is -2.45. The number of Topliss-reactive ketones (excluding diaryl/α,β-unsaturated/α-hetero) is 1. The molecule has 0 aromatic heterocycles. The summed E-state index contributed by atoms with van der Waals surface area (Å²) < 4.78 is 41.8. The van der Waals surface area contributed by atoms with E-state index in [0.29, 0.717) is 4.47 Å². The van der Waals surface area contributed by atoms with Crippen molar-refractivity contribution >= 4 is 27.7 Å². The zero-order chi connectivity index (χ0) is 19.8. The Hall–Kier alpha value is -2.39. The van der Waals surface area contributed by atoms with Crippen molar-refractivity contribution in [2.24, 2.45) is 5.92 Å². The maximum Gasteiger partial charge on any atom is 0.437 e. The molecule has 1 saturated heterocycles. The third kappa shape index (κ3) is 3.57. The van der Waals surface area contributed by atoms with Gasteiger partial charge in [0.1, 0.15) is 5.92 Å². The summed E-state index contributed by atoms with van der Waals surface area (Å²) in [5.74, 6) is -2.99. The van der Waals surface area contributed by atoms with Gasteiger partial charge in [-0.15, -0.1) is 0 Å². The fraction of sp³-hybridized carbons (Fsp3) is 0.222. The van der Waals surface area contributed by atoms with Crippen LogP contribution in [0, 0.1) is 5.92 Å². The van der Waals surface area contributed by atoms with Gasteiger partial charge in [-0.25, -0.2) is 4.79 Å². The number of amides is 2. The van der Waals surface area contributed by atoms with Gasteiger partial charge in [0.05, 0.1) is 6.04 Å². The maximum atomic E-state index is 13.7. The Bertz CT molecular complexity index is 876. The maximum absolute atomic E-state index is 13.7. The molecule has 0 unspecified atom stereocenters. The molecule has 0 saturated carbocycles. The lowest BCUT2D eigenvalue weighted by Crippen LogP contribution is -2.72. The summed E-state index contributed by atoms with van der Waals surface area (Å²) in [7, 11) is 0. The Morgan fingerprint density at radius 2 is 1.78 bits per heavy atom. The van der Waals surface area contributed by atoms with Gasteiger partial charge in [-0.1, -0.05) is 58.4 Å². The first-order chi connectivity index (χ1) is 12.6. The second-order valence-corrected chi connectivity index (χ2v) is 7.02. The Balaban J connectivity index is 2.17. The highest BCUT2D eigenvalue weighted by atomic mass is 79.9. The Morgan fingerprint density at radius 3 is 2.37 bits per heavy atom. The molecule has 1 fully saturated rings. The summed E-state index contributed by atoms with van der Waals surface area (Å²) in [5.41, 5.74) is -3.49. The molecule has 0 bridgehead atoms. The lowest BCUT2D eigenvalue weighted by atomic mass is 9.77. The van der Waals surface area contributed by atoms with E-state index in [9.17, 15) is 27.9 Å². The zero-order valence-corrected chi connectivity index (χ0v) is 15.2. The minimum absolute atomic E-state index is 0.0110. The number of hydrogen-bond donors (Lipinski definition) is 3. The molecule has 3 rings (SSSR count). The quantitative estimate of drug-likeness (QED) is 0.636. The second kappa shape index (κ2) is 6.97. The predicted octanol–water partition coefficient (Wildman–Crippen LogP) is 3.55. The van der Waals surface area contributed by atoms with Crippen LogP contribution in [0.3, 0.4) is 0 Å². The van der Waals surface area contributed by atoms with Gasteiger partial charge in [0.15, 0.2) is 5.78 Å². The van der Waals surface area contributed by atoms with E-state index in [1.54, 1.807) is 18.2 Å². The average molecular weight is 443 g/mol. The van der Waals surface area contributed by atoms with Crippen LogP contribution >= 0.6 is 15.9 Å². The van der Waals surface area contributed by atoms with E-state index in [4.69, 9.17) is 0 Å². The van der Waals surface area contributed by atoms with Crippen molar-refractivity contribution in [2.45, 2.75) is 17.9 Å². The van der Waals surface area contributed by atoms with Crippen molar-refractivity contribution in [2.75, 3.05) is 0 Å². The highest BCUT2D eigenvalue weighted by Gasteiger charge is 2.66. The van der Waals surface area contributed by atoms with Gasteiger partial charge < -0.3 is 15.7 Å². The number of ketones is 1. The van der Waals surface area contributed by atoms with Crippen molar-refractivity contribution in [1.82, 2.24) is 10.6 Å². The molecule has 2 amide bonds. The second-order valence-electron chi connectivity index (χ2n) is 6.10. The van der Waals surface area contributed by atoms with Crippen LogP contribution in [-0.2, 0) is 0 Å². The van der Waals surface area contributed by atoms with Crippen LogP contribution in [0.4, 0.5) is 18.0 Å². The van der Waals surface area contributed by atoms with Crippen molar-refractivity contribution in [3.8, 4) is 0 Å². The molecule has 1 aliphatic heterocycles. The van der Waals surface area contributed by atoms with Crippen molar-refractivity contribution in [3.63, 3.8) is 0 Å². The standard InChI is InChI=1S/C18H14BrF3N2O3/c19-12-8-4-7-11(9-12)14-13(15(25)10-5-2-1-3-6-10)17(27,18(20,21)22)24-16(26)23-14/h1-9,13-14,27H,(H2,23,24,26)/t13-,14-,17+/m1/s1. The Kier molecular flexibility index (Phi) is 5.00. The molecule has 3 atom stereocenters. The number of nitrogens with one attached hydrogen (secondary N) is 2. The van der Waals surface area contributed by atoms with Gasteiger partial charge in [-0.3, -0.25) is 4.79 Å². The number of benzene rings is 2. The first kappa shape index (κ1) is 19.4. The number of carbonyl (C=O) groups is 2. The first-order valence-electron chi connectivity index (χ1n) is 7.86. The van der Waals surface area contributed by atoms with Crippen LogP contribution in [0.15, 0.2) is 59.1 Å². The SMILES string of the molecule is O=C1N[C@H](c2cccc(Br)c2)[C@H](C(=O)c2ccccc2)[C@](O)(C(F)(F)F)N1. The van der Waals surface area contributed by atoms with E-state index >= 15 is 0 Å². The van der Waals surface area contributed by atoms with E-state index in [0.717, 1.165) is 0 Å². The molecule has 0 radical (unpaired) electrons. The molecule has 2 aromatic rings. The van der Waals surface area contributed by atoms with Crippen molar-refractivity contribution < 1.29 is 27.9 Å². The van der Waals surface area contributed by atoms with E-state index in [1.807, 2.05) is 0 Å². The number of alkyl halides is 3. The minimum Gasteiger partial charge on any atom is -0.363 e. The highest BCUT2D eigenvalue weighted by molar-refractivity contribution is 9.10. The fourth-order valence-corrected chi connectivity index (χ4v) is 3.52. The minimum atomic E-state index is -5.27. The number of carbonyl (C=O) groups excluding carboxylic acids is 2. The monoisotopic (exact) mass is 442 g/mol.